The van der Waals surface area contributed by atoms with E-state index in [4.69, 9.17) is 11.1 Å². The third-order valence-electron chi connectivity index (χ3n) is 6.26. The first-order valence-corrected chi connectivity index (χ1v) is 11.2. The molecule has 0 saturated heterocycles. The Labute approximate surface area is 197 Å². The average molecular weight is 446 g/mol. The van der Waals surface area contributed by atoms with Crippen LogP contribution in [0.25, 0.3) is 5.57 Å². The van der Waals surface area contributed by atoms with Crippen LogP contribution in [0.5, 0.6) is 0 Å². The molecule has 2 unspecified atom stereocenters. The van der Waals surface area contributed by atoms with Crippen LogP contribution in [0.3, 0.4) is 0 Å². The van der Waals surface area contributed by atoms with Crippen molar-refractivity contribution in [2.24, 2.45) is 5.73 Å². The predicted octanol–water partition coefficient (Wildman–Crippen LogP) is 4.21. The number of hydrogen-bond acceptors (Lipinski definition) is 6. The highest BCUT2D eigenvalue weighted by Crippen LogP contribution is 2.33. The molecule has 1 aliphatic rings. The SMILES string of the molecule is C=C(CC/C(=C\C)c1cccc(C(=N)/C(=C\N)C2NC(O)c3ccccc3N2C)c1)N(C)C. The number of nitrogens with two attached hydrogens (primary N) is 1. The summed E-state index contributed by atoms with van der Waals surface area (Å²) >= 11 is 0. The summed E-state index contributed by atoms with van der Waals surface area (Å²) in [5.74, 6) is 0. The molecule has 0 amide bonds. The number of nitrogens with zero attached hydrogens (tertiary/aromatic N) is 2. The minimum Gasteiger partial charge on any atom is -0.404 e. The summed E-state index contributed by atoms with van der Waals surface area (Å²) in [6, 6.07) is 15.7. The summed E-state index contributed by atoms with van der Waals surface area (Å²) in [6.45, 7) is 6.16. The van der Waals surface area contributed by atoms with Crippen LogP contribution < -0.4 is 16.0 Å². The maximum absolute atomic E-state index is 10.6. The molecule has 174 valence electrons. The molecule has 3 rings (SSSR count). The van der Waals surface area contributed by atoms with Gasteiger partial charge < -0.3 is 20.6 Å². The summed E-state index contributed by atoms with van der Waals surface area (Å²) in [7, 11) is 5.95. The lowest BCUT2D eigenvalue weighted by atomic mass is 9.93. The highest BCUT2D eigenvalue weighted by molar-refractivity contribution is 6.12. The van der Waals surface area contributed by atoms with Gasteiger partial charge >= 0.3 is 0 Å². The zero-order valence-corrected chi connectivity index (χ0v) is 20.0. The highest BCUT2D eigenvalue weighted by atomic mass is 16.3. The Kier molecular flexibility index (Phi) is 7.74. The van der Waals surface area contributed by atoms with Gasteiger partial charge in [0.1, 0.15) is 12.4 Å². The van der Waals surface area contributed by atoms with E-state index in [1.54, 1.807) is 0 Å². The van der Waals surface area contributed by atoms with E-state index in [0.29, 0.717) is 11.3 Å². The molecule has 2 aromatic carbocycles. The summed E-state index contributed by atoms with van der Waals surface area (Å²) in [5.41, 5.74) is 12.8. The van der Waals surface area contributed by atoms with Crippen LogP contribution in [0, 0.1) is 5.41 Å². The second-order valence-electron chi connectivity index (χ2n) is 8.49. The largest absolute Gasteiger partial charge is 0.404 e. The van der Waals surface area contributed by atoms with Crippen LogP contribution in [0.15, 0.2) is 78.7 Å². The maximum Gasteiger partial charge on any atom is 0.134 e. The molecule has 1 aliphatic heterocycles. The monoisotopic (exact) mass is 445 g/mol. The number of aliphatic hydroxyl groups is 1. The van der Waals surface area contributed by atoms with Crippen LogP contribution in [0.2, 0.25) is 0 Å². The third-order valence-corrected chi connectivity index (χ3v) is 6.26. The van der Waals surface area contributed by atoms with E-state index in [2.05, 4.69) is 24.0 Å². The van der Waals surface area contributed by atoms with Crippen molar-refractivity contribution in [1.82, 2.24) is 10.2 Å². The van der Waals surface area contributed by atoms with Gasteiger partial charge in [-0.05, 0) is 43.0 Å². The fourth-order valence-electron chi connectivity index (χ4n) is 4.14. The van der Waals surface area contributed by atoms with Gasteiger partial charge in [-0.25, -0.2) is 0 Å². The van der Waals surface area contributed by atoms with Crippen LogP contribution in [-0.2, 0) is 0 Å². The van der Waals surface area contributed by atoms with Gasteiger partial charge in [0.15, 0.2) is 0 Å². The molecular weight excluding hydrogens is 410 g/mol. The minimum atomic E-state index is -0.837. The zero-order valence-electron chi connectivity index (χ0n) is 20.0. The normalized spacial score (nSPS) is 18.6. The van der Waals surface area contributed by atoms with Crippen molar-refractivity contribution in [3.8, 4) is 0 Å². The van der Waals surface area contributed by atoms with Gasteiger partial charge in [-0.15, -0.1) is 0 Å². The first-order valence-electron chi connectivity index (χ1n) is 11.2. The molecular formula is C27H35N5O. The molecule has 0 spiro atoms. The Morgan fingerprint density at radius 1 is 1.18 bits per heavy atom. The van der Waals surface area contributed by atoms with E-state index >= 15 is 0 Å². The average Bonchev–Trinajstić information content (AvgIpc) is 2.83. The quantitative estimate of drug-likeness (QED) is 0.457. The number of allylic oxidation sites excluding steroid dienone is 3. The fraction of sp³-hybridized carbons (Fsp3) is 0.296. The van der Waals surface area contributed by atoms with Crippen LogP contribution >= 0.6 is 0 Å². The molecule has 0 fully saturated rings. The summed E-state index contributed by atoms with van der Waals surface area (Å²) < 4.78 is 0. The van der Waals surface area contributed by atoms with E-state index in [1.807, 2.05) is 80.3 Å². The molecule has 6 nitrogen and oxygen atoms in total. The standard InChI is InChI=1S/C27H35N5O/c1-6-19(15-14-18(2)31(3)4)20-10-9-11-21(16-20)25(29)23(17-28)26-30-27(33)22-12-7-8-13-24(22)32(26)5/h6-13,16-17,26-27,29-30,33H,2,14-15,28H2,1,3-5H3/b19-6+,23-17+,29-25?. The molecule has 6 heteroatoms. The molecule has 0 aromatic heterocycles. The lowest BCUT2D eigenvalue weighted by Crippen LogP contribution is -2.52. The molecule has 1 heterocycles. The molecule has 0 bridgehead atoms. The molecule has 0 radical (unpaired) electrons. The molecule has 5 N–H and O–H groups in total. The van der Waals surface area contributed by atoms with E-state index < -0.39 is 12.4 Å². The molecule has 2 aromatic rings. The molecule has 33 heavy (non-hydrogen) atoms. The van der Waals surface area contributed by atoms with E-state index in [9.17, 15) is 5.11 Å². The van der Waals surface area contributed by atoms with E-state index in [0.717, 1.165) is 40.9 Å². The van der Waals surface area contributed by atoms with Crippen molar-refractivity contribution in [3.63, 3.8) is 0 Å². The van der Waals surface area contributed by atoms with Crippen molar-refractivity contribution >= 4 is 17.0 Å². The molecule has 2 atom stereocenters. The van der Waals surface area contributed by atoms with Gasteiger partial charge in [0, 0.05) is 55.4 Å². The molecule has 0 aliphatic carbocycles. The van der Waals surface area contributed by atoms with Crippen molar-refractivity contribution in [2.45, 2.75) is 32.2 Å². The van der Waals surface area contributed by atoms with Crippen molar-refractivity contribution in [2.75, 3.05) is 26.0 Å². The zero-order chi connectivity index (χ0) is 24.1. The second-order valence-corrected chi connectivity index (χ2v) is 8.49. The number of anilines is 1. The third kappa shape index (κ3) is 5.18. The lowest BCUT2D eigenvalue weighted by molar-refractivity contribution is 0.122. The summed E-state index contributed by atoms with van der Waals surface area (Å²) in [5, 5.41) is 22.8. The first kappa shape index (κ1) is 24.3. The number of hydrogen-bond donors (Lipinski definition) is 4. The number of aliphatic hydroxyl groups excluding tert-OH is 1. The number of rotatable bonds is 8. The molecule has 0 saturated carbocycles. The van der Waals surface area contributed by atoms with Gasteiger partial charge in [0.05, 0.1) is 5.71 Å². The number of nitrogens with one attached hydrogen (secondary N) is 2. The Morgan fingerprint density at radius 3 is 2.55 bits per heavy atom. The number of benzene rings is 2. The smallest absolute Gasteiger partial charge is 0.134 e. The number of fused-ring (bicyclic) bond motifs is 1. The first-order chi connectivity index (χ1) is 15.8. The van der Waals surface area contributed by atoms with Gasteiger partial charge in [-0.1, -0.05) is 49.1 Å². The van der Waals surface area contributed by atoms with Crippen LogP contribution in [0.1, 0.15) is 42.7 Å². The summed E-state index contributed by atoms with van der Waals surface area (Å²) in [6.07, 6.45) is 4.06. The van der Waals surface area contributed by atoms with Gasteiger partial charge in [0.25, 0.3) is 0 Å². The van der Waals surface area contributed by atoms with Gasteiger partial charge in [0.2, 0.25) is 0 Å². The number of para-hydroxylation sites is 1. The predicted molar refractivity (Wildman–Crippen MR) is 138 cm³/mol. The Bertz CT molecular complexity index is 1090. The topological polar surface area (TPSA) is 88.6 Å². The van der Waals surface area contributed by atoms with Gasteiger partial charge in [-0.2, -0.15) is 0 Å². The Morgan fingerprint density at radius 2 is 1.88 bits per heavy atom. The van der Waals surface area contributed by atoms with E-state index in [1.165, 1.54) is 11.8 Å². The number of likely N-dealkylation sites (N-methyl/N-ethyl adjacent to an activating group) is 1. The van der Waals surface area contributed by atoms with Crippen molar-refractivity contribution < 1.29 is 5.11 Å². The second kappa shape index (κ2) is 10.5. The Hall–Kier alpha value is -3.35. The fourth-order valence-corrected chi connectivity index (χ4v) is 4.14. The Balaban J connectivity index is 1.85. The minimum absolute atomic E-state index is 0.323. The lowest BCUT2D eigenvalue weighted by Gasteiger charge is -2.40. The van der Waals surface area contributed by atoms with Crippen molar-refractivity contribution in [1.29, 1.82) is 5.41 Å². The van der Waals surface area contributed by atoms with Crippen molar-refractivity contribution in [3.05, 3.63) is 95.3 Å². The van der Waals surface area contributed by atoms with Crippen LogP contribution in [-0.4, -0.2) is 43.0 Å². The maximum atomic E-state index is 10.6. The highest BCUT2D eigenvalue weighted by Gasteiger charge is 2.32. The van der Waals surface area contributed by atoms with Crippen LogP contribution in [0.4, 0.5) is 5.69 Å². The summed E-state index contributed by atoms with van der Waals surface area (Å²) in [4.78, 5) is 4.04. The van der Waals surface area contributed by atoms with Gasteiger partial charge in [-0.3, -0.25) is 10.7 Å². The van der Waals surface area contributed by atoms with E-state index in [-0.39, 0.29) is 0 Å².